The van der Waals surface area contributed by atoms with Crippen molar-refractivity contribution in [2.45, 2.75) is 36.0 Å². The number of sulfonamides is 1. The molecule has 5 rings (SSSR count). The largest absolute Gasteiger partial charge is 0.433 e. The molecule has 4 heterocycles. The van der Waals surface area contributed by atoms with E-state index in [4.69, 9.17) is 0 Å². The van der Waals surface area contributed by atoms with E-state index in [-0.39, 0.29) is 45.8 Å². The zero-order chi connectivity index (χ0) is 29.9. The van der Waals surface area contributed by atoms with Gasteiger partial charge in [0.25, 0.3) is 15.9 Å². The summed E-state index contributed by atoms with van der Waals surface area (Å²) in [5.74, 6) is -1.00. The summed E-state index contributed by atoms with van der Waals surface area (Å²) in [6.07, 6.45) is -9.36. The van der Waals surface area contributed by atoms with E-state index in [9.17, 15) is 44.7 Å². The van der Waals surface area contributed by atoms with Crippen molar-refractivity contribution in [2.24, 2.45) is 0 Å². The fourth-order valence-corrected chi connectivity index (χ4v) is 7.23. The average molecular weight is 621 g/mol. The molecule has 1 aliphatic rings. The quantitative estimate of drug-likeness (QED) is 0.320. The SMILES string of the molecule is Cc1nc(NC(=O)c2cnn3c(C(F)(F)F)cc(-c4ccc(C(F)(F)F)cc4)nc23)sc1S(=O)(=O)N1CC[C@H](O)C1. The predicted molar refractivity (Wildman–Crippen MR) is 133 cm³/mol. The number of aryl methyl sites for hydroxylation is 1. The second-order valence-corrected chi connectivity index (χ2v) is 12.2. The first kappa shape index (κ1) is 28.9. The van der Waals surface area contributed by atoms with Crippen molar-refractivity contribution >= 4 is 38.0 Å². The lowest BCUT2D eigenvalue weighted by Gasteiger charge is -2.14. The number of carbonyl (C=O) groups is 1. The van der Waals surface area contributed by atoms with E-state index >= 15 is 0 Å². The number of benzene rings is 1. The molecule has 0 bridgehead atoms. The van der Waals surface area contributed by atoms with Crippen LogP contribution in [0.3, 0.4) is 0 Å². The second-order valence-electron chi connectivity index (χ2n) is 9.04. The van der Waals surface area contributed by atoms with Crippen LogP contribution in [0, 0.1) is 6.92 Å². The maximum Gasteiger partial charge on any atom is 0.433 e. The number of nitrogens with one attached hydrogen (secondary N) is 1. The number of carbonyl (C=O) groups excluding carboxylic acids is 1. The second kappa shape index (κ2) is 10.0. The van der Waals surface area contributed by atoms with Gasteiger partial charge in [0.05, 0.1) is 29.3 Å². The van der Waals surface area contributed by atoms with Crippen LogP contribution in [0.1, 0.15) is 33.7 Å². The van der Waals surface area contributed by atoms with Gasteiger partial charge in [-0.15, -0.1) is 0 Å². The Morgan fingerprint density at radius 2 is 1.78 bits per heavy atom. The molecule has 0 radical (unpaired) electrons. The molecule has 3 aromatic heterocycles. The van der Waals surface area contributed by atoms with Gasteiger partial charge in [0.2, 0.25) is 0 Å². The van der Waals surface area contributed by atoms with Gasteiger partial charge >= 0.3 is 12.4 Å². The van der Waals surface area contributed by atoms with Gasteiger partial charge in [0.15, 0.2) is 20.7 Å². The summed E-state index contributed by atoms with van der Waals surface area (Å²) in [6, 6.07) is 3.89. The van der Waals surface area contributed by atoms with Crippen molar-refractivity contribution in [3.05, 3.63) is 59.0 Å². The van der Waals surface area contributed by atoms with Crippen LogP contribution in [0.5, 0.6) is 0 Å². The Bertz CT molecular complexity index is 1750. The summed E-state index contributed by atoms with van der Waals surface area (Å²) in [7, 11) is -4.02. The number of nitrogens with zero attached hydrogens (tertiary/aromatic N) is 5. The van der Waals surface area contributed by atoms with E-state index in [2.05, 4.69) is 20.4 Å². The lowest BCUT2D eigenvalue weighted by molar-refractivity contribution is -0.142. The molecule has 1 saturated heterocycles. The van der Waals surface area contributed by atoms with Gasteiger partial charge in [0, 0.05) is 18.7 Å². The Kier molecular flexibility index (Phi) is 7.07. The zero-order valence-corrected chi connectivity index (χ0v) is 22.3. The fraction of sp³-hybridized carbons (Fsp3) is 0.304. The molecule has 41 heavy (non-hydrogen) atoms. The smallest absolute Gasteiger partial charge is 0.392 e. The van der Waals surface area contributed by atoms with Gasteiger partial charge in [-0.2, -0.15) is 35.7 Å². The number of aliphatic hydroxyl groups excluding tert-OH is 1. The number of β-amino-alcohol motifs (C(OH)–C–C–N with tert-alkyl or cyclic N) is 1. The third-order valence-corrected chi connectivity index (χ3v) is 9.71. The van der Waals surface area contributed by atoms with Crippen molar-refractivity contribution in [1.82, 2.24) is 23.9 Å². The molecule has 1 aromatic carbocycles. The number of aliphatic hydroxyl groups is 1. The molecule has 0 spiro atoms. The van der Waals surface area contributed by atoms with E-state index < -0.39 is 56.9 Å². The molecule has 18 heteroatoms. The number of halogens is 6. The highest BCUT2D eigenvalue weighted by atomic mass is 32.2. The normalized spacial score (nSPS) is 16.9. The highest BCUT2D eigenvalue weighted by Gasteiger charge is 2.37. The molecule has 10 nitrogen and oxygen atoms in total. The zero-order valence-electron chi connectivity index (χ0n) is 20.7. The fourth-order valence-electron chi connectivity index (χ4n) is 4.19. The van der Waals surface area contributed by atoms with Crippen molar-refractivity contribution in [3.8, 4) is 11.3 Å². The highest BCUT2D eigenvalue weighted by Crippen LogP contribution is 2.35. The maximum atomic E-state index is 13.9. The van der Waals surface area contributed by atoms with Crippen LogP contribution in [0.15, 0.2) is 40.7 Å². The average Bonchev–Trinajstić information content (AvgIpc) is 3.60. The predicted octanol–water partition coefficient (Wildman–Crippen LogP) is 4.21. The third kappa shape index (κ3) is 5.51. The summed E-state index contributed by atoms with van der Waals surface area (Å²) < 4.78 is 108. The highest BCUT2D eigenvalue weighted by molar-refractivity contribution is 7.91. The number of thiazole rings is 1. The molecule has 2 N–H and O–H groups in total. The summed E-state index contributed by atoms with van der Waals surface area (Å²) in [5, 5.41) is 15.5. The number of anilines is 1. The topological polar surface area (TPSA) is 130 Å². The number of hydrogen-bond donors (Lipinski definition) is 2. The Labute approximate surface area is 231 Å². The molecule has 1 fully saturated rings. The van der Waals surface area contributed by atoms with Crippen LogP contribution >= 0.6 is 11.3 Å². The van der Waals surface area contributed by atoms with Gasteiger partial charge in [0.1, 0.15) is 5.56 Å². The Hall–Kier alpha value is -3.61. The Morgan fingerprint density at radius 1 is 1.10 bits per heavy atom. The molecule has 0 unspecified atom stereocenters. The molecular formula is C23H18F6N6O4S2. The molecule has 1 amide bonds. The Balaban J connectivity index is 1.50. The van der Waals surface area contributed by atoms with Gasteiger partial charge in [-0.1, -0.05) is 23.5 Å². The number of aromatic nitrogens is 4. The van der Waals surface area contributed by atoms with Crippen molar-refractivity contribution in [3.63, 3.8) is 0 Å². The van der Waals surface area contributed by atoms with Crippen LogP contribution in [-0.4, -0.2) is 62.5 Å². The van der Waals surface area contributed by atoms with Crippen LogP contribution in [0.2, 0.25) is 0 Å². The van der Waals surface area contributed by atoms with Gasteiger partial charge in [-0.05, 0) is 31.5 Å². The summed E-state index contributed by atoms with van der Waals surface area (Å²) in [5.41, 5.74) is -3.68. The van der Waals surface area contributed by atoms with Crippen molar-refractivity contribution in [2.75, 3.05) is 18.4 Å². The molecule has 1 atom stereocenters. The van der Waals surface area contributed by atoms with E-state index in [1.165, 1.54) is 6.92 Å². The summed E-state index contributed by atoms with van der Waals surface area (Å²) >= 11 is 0.622. The number of rotatable bonds is 5. The molecular weight excluding hydrogens is 602 g/mol. The lowest BCUT2D eigenvalue weighted by Crippen LogP contribution is -2.29. The minimum Gasteiger partial charge on any atom is -0.392 e. The first-order chi connectivity index (χ1) is 19.1. The number of alkyl halides is 6. The van der Waals surface area contributed by atoms with E-state index in [1.54, 1.807) is 0 Å². The van der Waals surface area contributed by atoms with Crippen LogP contribution in [0.25, 0.3) is 16.9 Å². The summed E-state index contributed by atoms with van der Waals surface area (Å²) in [4.78, 5) is 21.2. The summed E-state index contributed by atoms with van der Waals surface area (Å²) in [6.45, 7) is 1.39. The minimum atomic E-state index is -4.97. The molecule has 0 aliphatic carbocycles. The third-order valence-electron chi connectivity index (χ3n) is 6.19. The molecule has 4 aromatic rings. The van der Waals surface area contributed by atoms with Crippen LogP contribution < -0.4 is 5.32 Å². The van der Waals surface area contributed by atoms with Gasteiger partial charge in [-0.25, -0.2) is 22.9 Å². The van der Waals surface area contributed by atoms with Crippen LogP contribution in [0.4, 0.5) is 31.5 Å². The maximum absolute atomic E-state index is 13.9. The van der Waals surface area contributed by atoms with Crippen molar-refractivity contribution in [1.29, 1.82) is 0 Å². The van der Waals surface area contributed by atoms with E-state index in [0.29, 0.717) is 34.1 Å². The van der Waals surface area contributed by atoms with E-state index in [1.807, 2.05) is 0 Å². The first-order valence-electron chi connectivity index (χ1n) is 11.7. The van der Waals surface area contributed by atoms with Crippen molar-refractivity contribution < 1.29 is 44.7 Å². The lowest BCUT2D eigenvalue weighted by atomic mass is 10.1. The number of hydrogen-bond acceptors (Lipinski definition) is 8. The molecule has 1 aliphatic heterocycles. The number of fused-ring (bicyclic) bond motifs is 1. The number of amides is 1. The Morgan fingerprint density at radius 3 is 2.37 bits per heavy atom. The first-order valence-corrected chi connectivity index (χ1v) is 13.9. The van der Waals surface area contributed by atoms with Gasteiger partial charge < -0.3 is 5.11 Å². The van der Waals surface area contributed by atoms with Crippen LogP contribution in [-0.2, 0) is 22.4 Å². The van der Waals surface area contributed by atoms with Gasteiger partial charge in [-0.3, -0.25) is 10.1 Å². The standard InChI is InChI=1S/C23H18F6N6O4S2/c1-11-20(41(38,39)34-7-6-14(36)10-34)40-21(31-11)33-19(37)15-9-30-35-17(23(27,28)29)8-16(32-18(15)35)12-2-4-13(5-3-12)22(24,25)26/h2-5,8-9,14,36H,6-7,10H2,1H3,(H,31,33,37)/t14-/m0/s1. The minimum absolute atomic E-state index is 0.0635. The molecule has 0 saturated carbocycles. The monoisotopic (exact) mass is 620 g/mol. The van der Waals surface area contributed by atoms with E-state index in [0.717, 1.165) is 22.6 Å². The molecule has 218 valence electrons.